The maximum absolute atomic E-state index is 11.0. The molecular weight excluding hydrogens is 270 g/mol. The molecule has 1 fully saturated rings. The normalized spacial score (nSPS) is 24.6. The molecule has 21 heavy (non-hydrogen) atoms. The number of benzene rings is 1. The molecule has 1 aliphatic carbocycles. The van der Waals surface area contributed by atoms with E-state index in [1.165, 1.54) is 6.07 Å². The molecule has 2 rings (SSSR count). The van der Waals surface area contributed by atoms with E-state index < -0.39 is 10.5 Å². The van der Waals surface area contributed by atoms with Gasteiger partial charge in [0, 0.05) is 12.0 Å². The third-order valence-corrected chi connectivity index (χ3v) is 4.15. The molecule has 1 aliphatic rings. The Bertz CT molecular complexity index is 609. The molecule has 0 aliphatic heterocycles. The molecule has 0 radical (unpaired) electrons. The predicted molar refractivity (Wildman–Crippen MR) is 78.2 cm³/mol. The van der Waals surface area contributed by atoms with E-state index in [-0.39, 0.29) is 11.8 Å². The van der Waals surface area contributed by atoms with Gasteiger partial charge in [-0.25, -0.2) is 0 Å². The Kier molecular flexibility index (Phi) is 4.14. The Labute approximate surface area is 123 Å². The Hall–Kier alpha value is -2.13. The topological polar surface area (TPSA) is 88.2 Å². The Morgan fingerprint density at radius 2 is 2.19 bits per heavy atom. The van der Waals surface area contributed by atoms with Crippen molar-refractivity contribution < 1.29 is 9.66 Å². The van der Waals surface area contributed by atoms with E-state index in [1.54, 1.807) is 20.0 Å². The lowest BCUT2D eigenvalue weighted by Gasteiger charge is -2.20. The second-order valence-corrected chi connectivity index (χ2v) is 5.59. The van der Waals surface area contributed by atoms with Crippen LogP contribution >= 0.6 is 0 Å². The second-order valence-electron chi connectivity index (χ2n) is 5.59. The minimum atomic E-state index is -0.546. The highest BCUT2D eigenvalue weighted by Gasteiger charge is 2.39. The summed E-state index contributed by atoms with van der Waals surface area (Å²) in [6, 6.07) is 5.54. The summed E-state index contributed by atoms with van der Waals surface area (Å²) in [5, 5.41) is 23.3. The lowest BCUT2D eigenvalue weighted by molar-refractivity contribution is -0.385. The summed E-state index contributed by atoms with van der Waals surface area (Å²) in [5.41, 5.74) is 1.01. The summed E-state index contributed by atoms with van der Waals surface area (Å²) in [6.07, 6.45) is 1.96. The van der Waals surface area contributed by atoms with Gasteiger partial charge in [0.2, 0.25) is 0 Å². The molecule has 0 bridgehead atoms. The number of aryl methyl sites for hydroxylation is 2. The van der Waals surface area contributed by atoms with Crippen LogP contribution in [0.3, 0.4) is 0 Å². The Morgan fingerprint density at radius 1 is 1.48 bits per heavy atom. The minimum Gasteiger partial charge on any atom is -0.490 e. The number of nitriles is 1. The van der Waals surface area contributed by atoms with Crippen molar-refractivity contribution in [2.75, 3.05) is 7.05 Å². The van der Waals surface area contributed by atoms with E-state index in [2.05, 4.69) is 11.4 Å². The van der Waals surface area contributed by atoms with E-state index in [0.717, 1.165) is 18.4 Å². The molecule has 0 spiro atoms. The number of nitrogens with zero attached hydrogens (tertiary/aromatic N) is 2. The zero-order valence-electron chi connectivity index (χ0n) is 12.5. The average Bonchev–Trinajstić information content (AvgIpc) is 2.85. The molecule has 1 N–H and O–H groups in total. The SMILES string of the molecule is CNC1(C#N)CCC(Oc2cc([N+](=O)[O-])c(C)cc2C)C1. The molecule has 1 aromatic carbocycles. The van der Waals surface area contributed by atoms with Crippen LogP contribution in [0.4, 0.5) is 5.69 Å². The van der Waals surface area contributed by atoms with Gasteiger partial charge in [0.1, 0.15) is 17.4 Å². The molecule has 112 valence electrons. The average molecular weight is 289 g/mol. The number of rotatable bonds is 4. The number of hydrogen-bond donors (Lipinski definition) is 1. The molecule has 2 unspecified atom stereocenters. The Balaban J connectivity index is 2.20. The van der Waals surface area contributed by atoms with E-state index in [1.807, 2.05) is 6.92 Å². The third-order valence-electron chi connectivity index (χ3n) is 4.15. The van der Waals surface area contributed by atoms with Crippen LogP contribution in [0.1, 0.15) is 30.4 Å². The van der Waals surface area contributed by atoms with Crippen molar-refractivity contribution in [1.82, 2.24) is 5.32 Å². The lowest BCUT2D eigenvalue weighted by atomic mass is 10.0. The number of nitro benzene ring substituents is 1. The summed E-state index contributed by atoms with van der Waals surface area (Å²) >= 11 is 0. The first-order valence-electron chi connectivity index (χ1n) is 6.93. The molecule has 2 atom stereocenters. The lowest BCUT2D eigenvalue weighted by Crippen LogP contribution is -2.39. The van der Waals surface area contributed by atoms with Gasteiger partial charge in [0.25, 0.3) is 5.69 Å². The van der Waals surface area contributed by atoms with Crippen LogP contribution in [0, 0.1) is 35.3 Å². The van der Waals surface area contributed by atoms with E-state index in [0.29, 0.717) is 17.7 Å². The van der Waals surface area contributed by atoms with Crippen LogP contribution in [0.15, 0.2) is 12.1 Å². The molecule has 1 saturated carbocycles. The molecule has 0 heterocycles. The Morgan fingerprint density at radius 3 is 2.71 bits per heavy atom. The summed E-state index contributed by atoms with van der Waals surface area (Å²) in [5.74, 6) is 0.530. The summed E-state index contributed by atoms with van der Waals surface area (Å²) < 4.78 is 5.92. The monoisotopic (exact) mass is 289 g/mol. The van der Waals surface area contributed by atoms with E-state index in [4.69, 9.17) is 4.74 Å². The first-order valence-corrected chi connectivity index (χ1v) is 6.93. The van der Waals surface area contributed by atoms with E-state index in [9.17, 15) is 15.4 Å². The zero-order chi connectivity index (χ0) is 15.6. The fourth-order valence-corrected chi connectivity index (χ4v) is 2.81. The standard InChI is InChI=1S/C15H19N3O3/c1-10-6-11(2)14(7-13(10)18(19)20)21-12-4-5-15(8-12,9-16)17-3/h6-7,12,17H,4-5,8H2,1-3H3. The van der Waals surface area contributed by atoms with Gasteiger partial charge in [-0.15, -0.1) is 0 Å². The van der Waals surface area contributed by atoms with Crippen LogP contribution in [0.2, 0.25) is 0 Å². The summed E-state index contributed by atoms with van der Waals surface area (Å²) in [7, 11) is 1.77. The van der Waals surface area contributed by atoms with Gasteiger partial charge in [-0.2, -0.15) is 5.26 Å². The summed E-state index contributed by atoms with van der Waals surface area (Å²) in [4.78, 5) is 10.6. The molecule has 6 heteroatoms. The maximum Gasteiger partial charge on any atom is 0.276 e. The molecular formula is C15H19N3O3. The fourth-order valence-electron chi connectivity index (χ4n) is 2.81. The molecule has 1 aromatic rings. The van der Waals surface area contributed by atoms with Crippen molar-refractivity contribution in [1.29, 1.82) is 5.26 Å². The number of nitrogens with one attached hydrogen (secondary N) is 1. The van der Waals surface area contributed by atoms with Crippen LogP contribution in [-0.2, 0) is 0 Å². The second kappa shape index (κ2) is 5.70. The maximum atomic E-state index is 11.0. The van der Waals surface area contributed by atoms with Gasteiger partial charge in [-0.1, -0.05) is 0 Å². The summed E-state index contributed by atoms with van der Waals surface area (Å²) in [6.45, 7) is 3.59. The van der Waals surface area contributed by atoms with Gasteiger partial charge < -0.3 is 10.1 Å². The van der Waals surface area contributed by atoms with Crippen molar-refractivity contribution in [2.45, 2.75) is 44.8 Å². The smallest absolute Gasteiger partial charge is 0.276 e. The van der Waals surface area contributed by atoms with Gasteiger partial charge in [0.05, 0.1) is 17.1 Å². The minimum absolute atomic E-state index is 0.0637. The highest BCUT2D eigenvalue weighted by molar-refractivity contribution is 5.49. The van der Waals surface area contributed by atoms with Crippen molar-refractivity contribution in [2.24, 2.45) is 0 Å². The third kappa shape index (κ3) is 2.98. The van der Waals surface area contributed by atoms with E-state index >= 15 is 0 Å². The van der Waals surface area contributed by atoms with Crippen LogP contribution in [0.5, 0.6) is 5.75 Å². The number of nitro groups is 1. The van der Waals surface area contributed by atoms with Crippen LogP contribution < -0.4 is 10.1 Å². The van der Waals surface area contributed by atoms with Gasteiger partial charge in [-0.05, 0) is 45.4 Å². The number of hydrogen-bond acceptors (Lipinski definition) is 5. The van der Waals surface area contributed by atoms with Crippen molar-refractivity contribution >= 4 is 5.69 Å². The highest BCUT2D eigenvalue weighted by atomic mass is 16.6. The van der Waals surface area contributed by atoms with Gasteiger partial charge in [0.15, 0.2) is 0 Å². The quantitative estimate of drug-likeness (QED) is 0.680. The molecule has 0 amide bonds. The van der Waals surface area contributed by atoms with Crippen LogP contribution in [-0.4, -0.2) is 23.6 Å². The van der Waals surface area contributed by atoms with Crippen molar-refractivity contribution in [3.8, 4) is 11.8 Å². The van der Waals surface area contributed by atoms with Crippen LogP contribution in [0.25, 0.3) is 0 Å². The van der Waals surface area contributed by atoms with Gasteiger partial charge in [-0.3, -0.25) is 10.1 Å². The molecule has 0 aromatic heterocycles. The van der Waals surface area contributed by atoms with Gasteiger partial charge >= 0.3 is 0 Å². The van der Waals surface area contributed by atoms with Crippen molar-refractivity contribution in [3.05, 3.63) is 33.4 Å². The largest absolute Gasteiger partial charge is 0.490 e. The molecule has 6 nitrogen and oxygen atoms in total. The predicted octanol–water partition coefficient (Wildman–Crippen LogP) is 2.62. The van der Waals surface area contributed by atoms with Crippen molar-refractivity contribution in [3.63, 3.8) is 0 Å². The molecule has 0 saturated heterocycles. The first-order chi connectivity index (χ1) is 9.90. The zero-order valence-corrected chi connectivity index (χ0v) is 12.5. The fraction of sp³-hybridized carbons (Fsp3) is 0.533. The number of ether oxygens (including phenoxy) is 1. The first kappa shape index (κ1) is 15.3. The highest BCUT2D eigenvalue weighted by Crippen LogP contribution is 2.35.